The summed E-state index contributed by atoms with van der Waals surface area (Å²) in [5.74, 6) is 0.566. The van der Waals surface area contributed by atoms with Crippen molar-refractivity contribution < 1.29 is 4.21 Å². The van der Waals surface area contributed by atoms with Crippen molar-refractivity contribution in [3.8, 4) is 11.4 Å². The van der Waals surface area contributed by atoms with Crippen LogP contribution in [-0.2, 0) is 17.3 Å². The molecule has 1 heterocycles. The summed E-state index contributed by atoms with van der Waals surface area (Å²) in [7, 11) is -0.859. The van der Waals surface area contributed by atoms with Crippen molar-refractivity contribution in [2.75, 3.05) is 12.0 Å². The fourth-order valence-corrected chi connectivity index (χ4v) is 2.37. The first-order valence-corrected chi connectivity index (χ1v) is 8.12. The number of tetrazole rings is 1. The van der Waals surface area contributed by atoms with E-state index in [1.54, 1.807) is 29.1 Å². The molecular formula is C12H16ClN5OS. The summed E-state index contributed by atoms with van der Waals surface area (Å²) < 4.78 is 13.0. The lowest BCUT2D eigenvalue weighted by Crippen LogP contribution is -2.14. The molecule has 0 saturated carbocycles. The van der Waals surface area contributed by atoms with Crippen LogP contribution in [0.5, 0.6) is 0 Å². The average molecular weight is 314 g/mol. The van der Waals surface area contributed by atoms with Crippen LogP contribution < -0.4 is 5.73 Å². The fourth-order valence-electron chi connectivity index (χ4n) is 1.73. The number of aryl methyl sites for hydroxylation is 1. The molecule has 0 radical (unpaired) electrons. The zero-order valence-corrected chi connectivity index (χ0v) is 12.9. The molecule has 108 valence electrons. The minimum absolute atomic E-state index is 0.0864. The molecule has 2 N–H and O–H groups in total. The van der Waals surface area contributed by atoms with E-state index in [-0.39, 0.29) is 5.25 Å². The summed E-state index contributed by atoms with van der Waals surface area (Å²) >= 11 is 6.16. The maximum atomic E-state index is 11.4. The maximum Gasteiger partial charge on any atom is 0.183 e. The van der Waals surface area contributed by atoms with Crippen LogP contribution in [0.3, 0.4) is 0 Å². The van der Waals surface area contributed by atoms with E-state index in [9.17, 15) is 4.21 Å². The Kier molecular flexibility index (Phi) is 4.72. The van der Waals surface area contributed by atoms with Gasteiger partial charge in [0.25, 0.3) is 0 Å². The van der Waals surface area contributed by atoms with E-state index in [1.165, 1.54) is 0 Å². The molecule has 20 heavy (non-hydrogen) atoms. The van der Waals surface area contributed by atoms with E-state index < -0.39 is 10.8 Å². The van der Waals surface area contributed by atoms with Gasteiger partial charge in [0, 0.05) is 40.1 Å². The highest BCUT2D eigenvalue weighted by Gasteiger charge is 2.14. The molecule has 6 nitrogen and oxygen atoms in total. The smallest absolute Gasteiger partial charge is 0.183 e. The minimum Gasteiger partial charge on any atom is -0.399 e. The SMILES string of the molecule is CC(CCn1nnnc1-c1cc(N)ccc1Cl)S(C)=O. The molecular weight excluding hydrogens is 298 g/mol. The number of hydrogen-bond donors (Lipinski definition) is 1. The Morgan fingerprint density at radius 3 is 2.95 bits per heavy atom. The Bertz CT molecular complexity index is 630. The number of aromatic nitrogens is 4. The van der Waals surface area contributed by atoms with E-state index in [0.29, 0.717) is 28.6 Å². The Labute approximate surface area is 124 Å². The van der Waals surface area contributed by atoms with Crippen LogP contribution in [0.2, 0.25) is 5.02 Å². The zero-order chi connectivity index (χ0) is 14.7. The molecule has 0 fully saturated rings. The lowest BCUT2D eigenvalue weighted by molar-refractivity contribution is 0.556. The van der Waals surface area contributed by atoms with Crippen molar-refractivity contribution in [2.24, 2.45) is 0 Å². The average Bonchev–Trinajstić information content (AvgIpc) is 2.86. The van der Waals surface area contributed by atoms with Crippen LogP contribution in [0.4, 0.5) is 5.69 Å². The highest BCUT2D eigenvalue weighted by atomic mass is 35.5. The molecule has 0 aliphatic rings. The maximum absolute atomic E-state index is 11.4. The van der Waals surface area contributed by atoms with Crippen LogP contribution in [0.25, 0.3) is 11.4 Å². The summed E-state index contributed by atoms with van der Waals surface area (Å²) in [5.41, 5.74) is 7.06. The second-order valence-electron chi connectivity index (χ2n) is 4.56. The van der Waals surface area contributed by atoms with Gasteiger partial charge in [-0.3, -0.25) is 4.21 Å². The van der Waals surface area contributed by atoms with Gasteiger partial charge in [0.1, 0.15) is 0 Å². The predicted molar refractivity (Wildman–Crippen MR) is 80.8 cm³/mol. The largest absolute Gasteiger partial charge is 0.399 e. The molecule has 2 rings (SSSR count). The normalized spacial score (nSPS) is 14.2. The van der Waals surface area contributed by atoms with E-state index >= 15 is 0 Å². The van der Waals surface area contributed by atoms with Crippen LogP contribution in [0, 0.1) is 0 Å². The molecule has 1 aromatic carbocycles. The summed E-state index contributed by atoms with van der Waals surface area (Å²) in [6.07, 6.45) is 2.42. The van der Waals surface area contributed by atoms with Crippen molar-refractivity contribution in [1.82, 2.24) is 20.2 Å². The van der Waals surface area contributed by atoms with Gasteiger partial charge in [-0.15, -0.1) is 5.10 Å². The molecule has 0 aliphatic carbocycles. The topological polar surface area (TPSA) is 86.7 Å². The third-order valence-corrected chi connectivity index (χ3v) is 4.78. The number of nitrogen functional groups attached to an aromatic ring is 1. The number of halogens is 1. The molecule has 0 saturated heterocycles. The van der Waals surface area contributed by atoms with E-state index in [0.717, 1.165) is 6.42 Å². The number of rotatable bonds is 5. The highest BCUT2D eigenvalue weighted by molar-refractivity contribution is 7.84. The molecule has 8 heteroatoms. The van der Waals surface area contributed by atoms with E-state index in [1.807, 2.05) is 6.92 Å². The molecule has 2 atom stereocenters. The van der Waals surface area contributed by atoms with Crippen LogP contribution in [-0.4, -0.2) is 35.9 Å². The van der Waals surface area contributed by atoms with E-state index in [4.69, 9.17) is 17.3 Å². The van der Waals surface area contributed by atoms with Crippen molar-refractivity contribution in [3.63, 3.8) is 0 Å². The number of anilines is 1. The monoisotopic (exact) mass is 313 g/mol. The molecule has 2 aromatic rings. The number of benzene rings is 1. The van der Waals surface area contributed by atoms with Gasteiger partial charge in [-0.2, -0.15) is 0 Å². The van der Waals surface area contributed by atoms with Crippen LogP contribution in [0.15, 0.2) is 18.2 Å². The van der Waals surface area contributed by atoms with Gasteiger partial charge in [0.2, 0.25) is 0 Å². The first-order chi connectivity index (χ1) is 9.49. The standard InChI is InChI=1S/C12H16ClN5OS/c1-8(20(2)19)5-6-18-12(15-16-17-18)10-7-9(14)3-4-11(10)13/h3-4,7-8H,5-6,14H2,1-2H3. The Hall–Kier alpha value is -1.47. The Morgan fingerprint density at radius 2 is 2.25 bits per heavy atom. The molecule has 0 aliphatic heterocycles. The Balaban J connectivity index is 2.24. The third kappa shape index (κ3) is 3.34. The van der Waals surface area contributed by atoms with Gasteiger partial charge in [0.05, 0.1) is 5.02 Å². The van der Waals surface area contributed by atoms with Gasteiger partial charge in [-0.05, 0) is 35.0 Å². The van der Waals surface area contributed by atoms with Crippen LogP contribution >= 0.6 is 11.6 Å². The van der Waals surface area contributed by atoms with E-state index in [2.05, 4.69) is 15.5 Å². The molecule has 0 bridgehead atoms. The highest BCUT2D eigenvalue weighted by Crippen LogP contribution is 2.27. The molecule has 1 aromatic heterocycles. The van der Waals surface area contributed by atoms with Crippen molar-refractivity contribution >= 4 is 28.1 Å². The summed E-state index contributed by atoms with van der Waals surface area (Å²) in [4.78, 5) is 0. The second kappa shape index (κ2) is 6.32. The van der Waals surface area contributed by atoms with Gasteiger partial charge in [-0.1, -0.05) is 18.5 Å². The molecule has 0 spiro atoms. The minimum atomic E-state index is -0.859. The van der Waals surface area contributed by atoms with Gasteiger partial charge >= 0.3 is 0 Å². The molecule has 2 unspecified atom stereocenters. The number of nitrogens with zero attached hydrogens (tertiary/aromatic N) is 4. The first-order valence-electron chi connectivity index (χ1n) is 6.13. The molecule has 0 amide bonds. The van der Waals surface area contributed by atoms with Gasteiger partial charge in [-0.25, -0.2) is 4.68 Å². The zero-order valence-electron chi connectivity index (χ0n) is 11.3. The summed E-state index contributed by atoms with van der Waals surface area (Å²) in [6, 6.07) is 5.18. The van der Waals surface area contributed by atoms with Gasteiger partial charge < -0.3 is 5.73 Å². The van der Waals surface area contributed by atoms with Crippen molar-refractivity contribution in [3.05, 3.63) is 23.2 Å². The predicted octanol–water partition coefficient (Wildman–Crippen LogP) is 1.73. The van der Waals surface area contributed by atoms with Crippen molar-refractivity contribution in [1.29, 1.82) is 0 Å². The first kappa shape index (κ1) is 14.9. The quantitative estimate of drug-likeness (QED) is 0.849. The second-order valence-corrected chi connectivity index (χ2v) is 6.77. The lowest BCUT2D eigenvalue weighted by Gasteiger charge is -2.10. The summed E-state index contributed by atoms with van der Waals surface area (Å²) in [6.45, 7) is 2.52. The Morgan fingerprint density at radius 1 is 1.50 bits per heavy atom. The van der Waals surface area contributed by atoms with Gasteiger partial charge in [0.15, 0.2) is 5.82 Å². The summed E-state index contributed by atoms with van der Waals surface area (Å²) in [5, 5.41) is 12.3. The number of hydrogen-bond acceptors (Lipinski definition) is 5. The fraction of sp³-hybridized carbons (Fsp3) is 0.417. The van der Waals surface area contributed by atoms with Crippen molar-refractivity contribution in [2.45, 2.75) is 25.1 Å². The lowest BCUT2D eigenvalue weighted by atomic mass is 10.2. The number of nitrogens with two attached hydrogens (primary N) is 1. The van der Waals surface area contributed by atoms with Crippen LogP contribution in [0.1, 0.15) is 13.3 Å². The third-order valence-electron chi connectivity index (χ3n) is 3.08.